The highest BCUT2D eigenvalue weighted by molar-refractivity contribution is 9.10. The summed E-state index contributed by atoms with van der Waals surface area (Å²) in [6.07, 6.45) is 2.65. The van der Waals surface area contributed by atoms with Crippen molar-refractivity contribution in [3.8, 4) is 0 Å². The van der Waals surface area contributed by atoms with E-state index in [0.29, 0.717) is 11.7 Å². The summed E-state index contributed by atoms with van der Waals surface area (Å²) in [5.41, 5.74) is 1.28. The number of alkyl halides is 1. The molecule has 1 rings (SSSR count). The standard InChI is InChI=1S/C14H20Br2O2S/c1-2-19(17,18)9-5-6-12(11-15)10-13-7-3-4-8-14(13)16/h3-4,7-8,12H,2,5-6,9-11H2,1H3. The van der Waals surface area contributed by atoms with Crippen LogP contribution in [0.4, 0.5) is 0 Å². The first-order valence-corrected chi connectivity index (χ1v) is 10.2. The largest absolute Gasteiger partial charge is 0.229 e. The Morgan fingerprint density at radius 3 is 2.53 bits per heavy atom. The molecule has 19 heavy (non-hydrogen) atoms. The molecule has 2 nitrogen and oxygen atoms in total. The van der Waals surface area contributed by atoms with Crippen molar-refractivity contribution in [1.82, 2.24) is 0 Å². The molecule has 1 aromatic carbocycles. The summed E-state index contributed by atoms with van der Waals surface area (Å²) in [7, 11) is -2.83. The van der Waals surface area contributed by atoms with Gasteiger partial charge in [-0.15, -0.1) is 0 Å². The SMILES string of the molecule is CCS(=O)(=O)CCCC(CBr)Cc1ccccc1Br. The van der Waals surface area contributed by atoms with Gasteiger partial charge in [-0.2, -0.15) is 0 Å². The van der Waals surface area contributed by atoms with Crippen LogP contribution in [0.3, 0.4) is 0 Å². The molecule has 0 heterocycles. The molecule has 0 bridgehead atoms. The molecule has 0 saturated heterocycles. The minimum absolute atomic E-state index is 0.246. The van der Waals surface area contributed by atoms with E-state index in [4.69, 9.17) is 0 Å². The van der Waals surface area contributed by atoms with Gasteiger partial charge >= 0.3 is 0 Å². The van der Waals surface area contributed by atoms with Crippen LogP contribution in [0.25, 0.3) is 0 Å². The molecule has 5 heteroatoms. The van der Waals surface area contributed by atoms with Gasteiger partial charge in [0.15, 0.2) is 0 Å². The zero-order valence-corrected chi connectivity index (χ0v) is 15.1. The fourth-order valence-electron chi connectivity index (χ4n) is 1.94. The second kappa shape index (κ2) is 8.42. The van der Waals surface area contributed by atoms with Crippen molar-refractivity contribution >= 4 is 41.7 Å². The van der Waals surface area contributed by atoms with Crippen molar-refractivity contribution in [1.29, 1.82) is 0 Å². The van der Waals surface area contributed by atoms with E-state index in [-0.39, 0.29) is 5.75 Å². The summed E-state index contributed by atoms with van der Waals surface area (Å²) in [4.78, 5) is 0. The molecule has 0 N–H and O–H groups in total. The topological polar surface area (TPSA) is 34.1 Å². The lowest BCUT2D eigenvalue weighted by Crippen LogP contribution is -2.12. The summed E-state index contributed by atoms with van der Waals surface area (Å²) in [6, 6.07) is 8.20. The van der Waals surface area contributed by atoms with Crippen LogP contribution in [0.5, 0.6) is 0 Å². The second-order valence-electron chi connectivity index (χ2n) is 4.69. The quantitative estimate of drug-likeness (QED) is 0.600. The lowest BCUT2D eigenvalue weighted by Gasteiger charge is -2.15. The van der Waals surface area contributed by atoms with Gasteiger partial charge in [0.25, 0.3) is 0 Å². The number of hydrogen-bond donors (Lipinski definition) is 0. The Labute approximate surface area is 133 Å². The molecule has 0 aliphatic carbocycles. The van der Waals surface area contributed by atoms with Gasteiger partial charge < -0.3 is 0 Å². The number of benzene rings is 1. The Bertz CT molecular complexity index is 486. The number of halogens is 2. The van der Waals surface area contributed by atoms with E-state index in [1.54, 1.807) is 6.92 Å². The van der Waals surface area contributed by atoms with Crippen molar-refractivity contribution < 1.29 is 8.42 Å². The monoisotopic (exact) mass is 410 g/mol. The first-order valence-electron chi connectivity index (χ1n) is 6.48. The molecule has 0 fully saturated rings. The maximum atomic E-state index is 11.5. The molecule has 0 amide bonds. The average Bonchev–Trinajstić information content (AvgIpc) is 2.39. The maximum Gasteiger partial charge on any atom is 0.150 e. The number of rotatable bonds is 8. The third-order valence-electron chi connectivity index (χ3n) is 3.19. The summed E-state index contributed by atoms with van der Waals surface area (Å²) in [5.74, 6) is 1.03. The lowest BCUT2D eigenvalue weighted by molar-refractivity contribution is 0.528. The minimum Gasteiger partial charge on any atom is -0.229 e. The van der Waals surface area contributed by atoms with Gasteiger partial charge in [0, 0.05) is 15.6 Å². The third kappa shape index (κ3) is 6.41. The van der Waals surface area contributed by atoms with E-state index in [2.05, 4.69) is 37.9 Å². The van der Waals surface area contributed by atoms with Gasteiger partial charge in [0.05, 0.1) is 5.75 Å². The van der Waals surface area contributed by atoms with E-state index in [0.717, 1.165) is 29.1 Å². The highest BCUT2D eigenvalue weighted by atomic mass is 79.9. The Morgan fingerprint density at radius 1 is 1.26 bits per heavy atom. The maximum absolute atomic E-state index is 11.5. The molecule has 1 unspecified atom stereocenters. The molecular formula is C14H20Br2O2S. The number of sulfone groups is 1. The van der Waals surface area contributed by atoms with E-state index in [1.807, 2.05) is 18.2 Å². The van der Waals surface area contributed by atoms with Crippen LogP contribution < -0.4 is 0 Å². The Balaban J connectivity index is 2.49. The first-order chi connectivity index (χ1) is 8.98. The van der Waals surface area contributed by atoms with E-state index in [9.17, 15) is 8.42 Å². The van der Waals surface area contributed by atoms with Crippen LogP contribution in [0.15, 0.2) is 28.7 Å². The molecule has 1 atom stereocenters. The zero-order chi connectivity index (χ0) is 14.3. The molecule has 108 valence electrons. The summed E-state index contributed by atoms with van der Waals surface area (Å²) in [6.45, 7) is 1.71. The summed E-state index contributed by atoms with van der Waals surface area (Å²) in [5, 5.41) is 0.903. The fourth-order valence-corrected chi connectivity index (χ4v) is 3.84. The van der Waals surface area contributed by atoms with Gasteiger partial charge in [-0.3, -0.25) is 0 Å². The van der Waals surface area contributed by atoms with Crippen molar-refractivity contribution in [2.75, 3.05) is 16.8 Å². The molecule has 0 aliphatic heterocycles. The summed E-state index contributed by atoms with van der Waals surface area (Å²) >= 11 is 7.08. The van der Waals surface area contributed by atoms with Crippen LogP contribution in [-0.4, -0.2) is 25.3 Å². The van der Waals surface area contributed by atoms with Crippen LogP contribution in [0, 0.1) is 5.92 Å². The highest BCUT2D eigenvalue weighted by Crippen LogP contribution is 2.23. The molecular weight excluding hydrogens is 392 g/mol. The normalized spacial score (nSPS) is 13.4. The van der Waals surface area contributed by atoms with Crippen LogP contribution in [0.1, 0.15) is 25.3 Å². The predicted octanol–water partition coefficient (Wildman–Crippen LogP) is 4.22. The van der Waals surface area contributed by atoms with Gasteiger partial charge in [-0.25, -0.2) is 8.42 Å². The van der Waals surface area contributed by atoms with E-state index in [1.165, 1.54) is 5.56 Å². The zero-order valence-electron chi connectivity index (χ0n) is 11.1. The van der Waals surface area contributed by atoms with Crippen molar-refractivity contribution in [3.05, 3.63) is 34.3 Å². The van der Waals surface area contributed by atoms with Crippen LogP contribution >= 0.6 is 31.9 Å². The van der Waals surface area contributed by atoms with Gasteiger partial charge in [0.2, 0.25) is 0 Å². The van der Waals surface area contributed by atoms with Crippen LogP contribution in [0.2, 0.25) is 0 Å². The second-order valence-corrected chi connectivity index (χ2v) is 8.67. The molecule has 0 saturated carbocycles. The Kier molecular flexibility index (Phi) is 7.62. The molecule has 0 spiro atoms. The molecule has 0 aromatic heterocycles. The Morgan fingerprint density at radius 2 is 1.95 bits per heavy atom. The van der Waals surface area contributed by atoms with Crippen molar-refractivity contribution in [2.24, 2.45) is 5.92 Å². The first kappa shape index (κ1) is 17.2. The smallest absolute Gasteiger partial charge is 0.150 e. The molecule has 0 aliphatic rings. The summed E-state index contributed by atoms with van der Waals surface area (Å²) < 4.78 is 24.1. The fraction of sp³-hybridized carbons (Fsp3) is 0.571. The molecule has 0 radical (unpaired) electrons. The van der Waals surface area contributed by atoms with Crippen LogP contribution in [-0.2, 0) is 16.3 Å². The van der Waals surface area contributed by atoms with Gasteiger partial charge in [-0.1, -0.05) is 57.0 Å². The third-order valence-corrected chi connectivity index (χ3v) is 6.67. The number of hydrogen-bond acceptors (Lipinski definition) is 2. The average molecular weight is 412 g/mol. The van der Waals surface area contributed by atoms with E-state index >= 15 is 0 Å². The minimum atomic E-state index is -2.83. The highest BCUT2D eigenvalue weighted by Gasteiger charge is 2.13. The van der Waals surface area contributed by atoms with Gasteiger partial charge in [0.1, 0.15) is 9.84 Å². The van der Waals surface area contributed by atoms with Crippen molar-refractivity contribution in [2.45, 2.75) is 26.2 Å². The predicted molar refractivity (Wildman–Crippen MR) is 88.7 cm³/mol. The lowest BCUT2D eigenvalue weighted by atomic mass is 9.97. The van der Waals surface area contributed by atoms with Gasteiger partial charge in [-0.05, 0) is 36.8 Å². The Hall–Kier alpha value is 0.130. The molecule has 1 aromatic rings. The van der Waals surface area contributed by atoms with E-state index < -0.39 is 9.84 Å². The van der Waals surface area contributed by atoms with Crippen molar-refractivity contribution in [3.63, 3.8) is 0 Å².